The zero-order valence-corrected chi connectivity index (χ0v) is 13.0. The number of nitrogens with two attached hydrogens (primary N) is 1. The van der Waals surface area contributed by atoms with Crippen LogP contribution in [0.2, 0.25) is 0 Å². The molecule has 0 bridgehead atoms. The maximum absolute atomic E-state index is 6.02. The van der Waals surface area contributed by atoms with Crippen LogP contribution in [0.3, 0.4) is 0 Å². The van der Waals surface area contributed by atoms with Gasteiger partial charge in [0.2, 0.25) is 0 Å². The molecule has 17 heavy (non-hydrogen) atoms. The summed E-state index contributed by atoms with van der Waals surface area (Å²) in [4.78, 5) is 2.35. The lowest BCUT2D eigenvalue weighted by Gasteiger charge is -2.35. The molecule has 0 aromatic heterocycles. The van der Waals surface area contributed by atoms with Crippen LogP contribution in [-0.4, -0.2) is 18.0 Å². The van der Waals surface area contributed by atoms with Gasteiger partial charge in [-0.15, -0.1) is 0 Å². The quantitative estimate of drug-likeness (QED) is 0.858. The van der Waals surface area contributed by atoms with Gasteiger partial charge in [-0.3, -0.25) is 4.90 Å². The van der Waals surface area contributed by atoms with Crippen molar-refractivity contribution in [3.05, 3.63) is 28.2 Å². The van der Waals surface area contributed by atoms with Crippen LogP contribution in [-0.2, 0) is 6.54 Å². The van der Waals surface area contributed by atoms with Gasteiger partial charge in [-0.2, -0.15) is 0 Å². The zero-order chi connectivity index (χ0) is 13.2. The summed E-state index contributed by atoms with van der Waals surface area (Å²) in [5.74, 6) is 0. The Kier molecular flexibility index (Phi) is 4.62. The van der Waals surface area contributed by atoms with E-state index in [4.69, 9.17) is 5.73 Å². The number of anilines is 1. The van der Waals surface area contributed by atoms with E-state index < -0.39 is 0 Å². The topological polar surface area (TPSA) is 29.3 Å². The van der Waals surface area contributed by atoms with E-state index in [9.17, 15) is 0 Å². The normalized spacial score (nSPS) is 14.1. The molecule has 1 aromatic carbocycles. The first kappa shape index (κ1) is 14.5. The zero-order valence-electron chi connectivity index (χ0n) is 11.4. The summed E-state index contributed by atoms with van der Waals surface area (Å²) >= 11 is 3.43. The molecule has 1 atom stereocenters. The second kappa shape index (κ2) is 5.40. The summed E-state index contributed by atoms with van der Waals surface area (Å²) in [6.07, 6.45) is 0. The van der Waals surface area contributed by atoms with Crippen molar-refractivity contribution in [2.24, 2.45) is 5.41 Å². The van der Waals surface area contributed by atoms with Gasteiger partial charge in [0.1, 0.15) is 0 Å². The number of nitrogen functional groups attached to an aromatic ring is 1. The van der Waals surface area contributed by atoms with Gasteiger partial charge in [0.25, 0.3) is 0 Å². The van der Waals surface area contributed by atoms with Crippen LogP contribution in [0, 0.1) is 5.41 Å². The maximum Gasteiger partial charge on any atom is 0.0371 e. The lowest BCUT2D eigenvalue weighted by Crippen LogP contribution is -2.38. The highest BCUT2D eigenvalue weighted by atomic mass is 79.9. The molecule has 1 rings (SSSR count). The van der Waals surface area contributed by atoms with Gasteiger partial charge < -0.3 is 5.73 Å². The van der Waals surface area contributed by atoms with E-state index in [1.165, 1.54) is 5.56 Å². The van der Waals surface area contributed by atoms with Gasteiger partial charge in [0.05, 0.1) is 0 Å². The number of benzene rings is 1. The smallest absolute Gasteiger partial charge is 0.0371 e. The molecule has 0 saturated heterocycles. The van der Waals surface area contributed by atoms with E-state index in [-0.39, 0.29) is 5.41 Å². The van der Waals surface area contributed by atoms with E-state index in [1.54, 1.807) is 0 Å². The first-order chi connectivity index (χ1) is 7.71. The molecular formula is C14H23BrN2. The van der Waals surface area contributed by atoms with Gasteiger partial charge in [0.15, 0.2) is 0 Å². The Balaban J connectivity index is 2.78. The second-order valence-corrected chi connectivity index (χ2v) is 6.72. The number of nitrogens with zero attached hydrogens (tertiary/aromatic N) is 1. The van der Waals surface area contributed by atoms with E-state index >= 15 is 0 Å². The highest BCUT2D eigenvalue weighted by Crippen LogP contribution is 2.26. The monoisotopic (exact) mass is 298 g/mol. The van der Waals surface area contributed by atoms with Crippen LogP contribution in [0.15, 0.2) is 22.7 Å². The van der Waals surface area contributed by atoms with E-state index in [1.807, 2.05) is 12.1 Å². The number of hydrogen-bond donors (Lipinski definition) is 1. The molecule has 0 spiro atoms. The number of halogens is 1. The predicted octanol–water partition coefficient (Wildman–Crippen LogP) is 3.90. The second-order valence-electron chi connectivity index (χ2n) is 5.80. The first-order valence-electron chi connectivity index (χ1n) is 5.96. The molecule has 0 saturated carbocycles. The van der Waals surface area contributed by atoms with Gasteiger partial charge in [0, 0.05) is 22.7 Å². The molecule has 96 valence electrons. The summed E-state index contributed by atoms with van der Waals surface area (Å²) in [5.41, 5.74) is 8.34. The Labute approximate surface area is 113 Å². The third-order valence-corrected chi connectivity index (χ3v) is 3.94. The summed E-state index contributed by atoms with van der Waals surface area (Å²) in [6.45, 7) is 9.93. The van der Waals surface area contributed by atoms with Crippen LogP contribution in [0.4, 0.5) is 5.69 Å². The first-order valence-corrected chi connectivity index (χ1v) is 6.75. The summed E-state index contributed by atoms with van der Waals surface area (Å²) in [5, 5.41) is 0. The Morgan fingerprint density at radius 1 is 1.35 bits per heavy atom. The van der Waals surface area contributed by atoms with Gasteiger partial charge in [-0.1, -0.05) is 42.8 Å². The van der Waals surface area contributed by atoms with Crippen LogP contribution >= 0.6 is 15.9 Å². The lowest BCUT2D eigenvalue weighted by molar-refractivity contribution is 0.135. The minimum absolute atomic E-state index is 0.277. The van der Waals surface area contributed by atoms with Crippen molar-refractivity contribution in [1.29, 1.82) is 0 Å². The Morgan fingerprint density at radius 3 is 2.41 bits per heavy atom. The van der Waals surface area contributed by atoms with E-state index in [2.05, 4.69) is 61.6 Å². The van der Waals surface area contributed by atoms with Crippen molar-refractivity contribution in [2.75, 3.05) is 12.8 Å². The molecule has 1 aromatic rings. The largest absolute Gasteiger partial charge is 0.398 e. The summed E-state index contributed by atoms with van der Waals surface area (Å²) < 4.78 is 1.03. The third-order valence-electron chi connectivity index (χ3n) is 3.44. The minimum Gasteiger partial charge on any atom is -0.398 e. The molecule has 2 N–H and O–H groups in total. The van der Waals surface area contributed by atoms with Gasteiger partial charge in [-0.05, 0) is 37.1 Å². The Morgan fingerprint density at radius 2 is 1.94 bits per heavy atom. The summed E-state index contributed by atoms with van der Waals surface area (Å²) in [7, 11) is 2.15. The van der Waals surface area contributed by atoms with E-state index in [0.717, 1.165) is 16.7 Å². The van der Waals surface area contributed by atoms with E-state index in [0.29, 0.717) is 6.04 Å². The fourth-order valence-electron chi connectivity index (χ4n) is 1.78. The molecule has 0 aliphatic rings. The standard InChI is InChI=1S/C14H23BrN2/c1-10(14(2,3)4)17(5)9-11-6-7-12(15)8-13(11)16/h6-8,10H,9,16H2,1-5H3. The van der Waals surface area contributed by atoms with Crippen molar-refractivity contribution in [3.63, 3.8) is 0 Å². The SMILES string of the molecule is CC(N(C)Cc1ccc(Br)cc1N)C(C)(C)C. The predicted molar refractivity (Wildman–Crippen MR) is 78.9 cm³/mol. The lowest BCUT2D eigenvalue weighted by atomic mass is 9.87. The highest BCUT2D eigenvalue weighted by Gasteiger charge is 2.24. The molecule has 0 amide bonds. The molecule has 0 aliphatic heterocycles. The van der Waals surface area contributed by atoms with Crippen LogP contribution in [0.5, 0.6) is 0 Å². The molecule has 0 heterocycles. The van der Waals surface area contributed by atoms with Crippen molar-refractivity contribution in [3.8, 4) is 0 Å². The van der Waals surface area contributed by atoms with Crippen molar-refractivity contribution in [2.45, 2.75) is 40.3 Å². The average Bonchev–Trinajstić information content (AvgIpc) is 2.19. The summed E-state index contributed by atoms with van der Waals surface area (Å²) in [6, 6.07) is 6.60. The van der Waals surface area contributed by atoms with Gasteiger partial charge >= 0.3 is 0 Å². The molecule has 0 radical (unpaired) electrons. The fraction of sp³-hybridized carbons (Fsp3) is 0.571. The van der Waals surface area contributed by atoms with Crippen LogP contribution in [0.25, 0.3) is 0 Å². The Hall–Kier alpha value is -0.540. The molecule has 2 nitrogen and oxygen atoms in total. The highest BCUT2D eigenvalue weighted by molar-refractivity contribution is 9.10. The fourth-order valence-corrected chi connectivity index (χ4v) is 2.16. The minimum atomic E-state index is 0.277. The van der Waals surface area contributed by atoms with Crippen molar-refractivity contribution in [1.82, 2.24) is 4.90 Å². The molecule has 1 unspecified atom stereocenters. The van der Waals surface area contributed by atoms with Crippen molar-refractivity contribution >= 4 is 21.6 Å². The van der Waals surface area contributed by atoms with Crippen LogP contribution < -0.4 is 5.73 Å². The van der Waals surface area contributed by atoms with Gasteiger partial charge in [-0.25, -0.2) is 0 Å². The Bertz CT molecular complexity index is 382. The number of hydrogen-bond acceptors (Lipinski definition) is 2. The number of rotatable bonds is 3. The average molecular weight is 299 g/mol. The molecule has 0 fully saturated rings. The molecule has 3 heteroatoms. The molecular weight excluding hydrogens is 276 g/mol. The molecule has 0 aliphatic carbocycles. The maximum atomic E-state index is 6.02. The van der Waals surface area contributed by atoms with Crippen LogP contribution in [0.1, 0.15) is 33.3 Å². The van der Waals surface area contributed by atoms with Crippen molar-refractivity contribution < 1.29 is 0 Å². The third kappa shape index (κ3) is 4.00.